The Morgan fingerprint density at radius 1 is 1.11 bits per heavy atom. The van der Waals surface area contributed by atoms with E-state index in [1.807, 2.05) is 43.0 Å². The molecule has 0 spiro atoms. The number of anilines is 1. The summed E-state index contributed by atoms with van der Waals surface area (Å²) >= 11 is 0. The Kier molecular flexibility index (Phi) is 4.75. The fourth-order valence-electron chi connectivity index (χ4n) is 3.50. The molecular formula is C20H24N6O. The van der Waals surface area contributed by atoms with Gasteiger partial charge in [-0.3, -0.25) is 4.79 Å². The Hall–Kier alpha value is -2.96. The molecule has 0 bridgehead atoms. The van der Waals surface area contributed by atoms with Gasteiger partial charge in [-0.2, -0.15) is 9.61 Å². The Bertz CT molecular complexity index is 957. The maximum atomic E-state index is 12.6. The predicted molar refractivity (Wildman–Crippen MR) is 104 cm³/mol. The number of likely N-dealkylation sites (tertiary alicyclic amines) is 1. The molecule has 140 valence electrons. The van der Waals surface area contributed by atoms with Crippen LogP contribution in [0.2, 0.25) is 0 Å². The highest BCUT2D eigenvalue weighted by Gasteiger charge is 2.18. The van der Waals surface area contributed by atoms with Crippen LogP contribution < -0.4 is 5.32 Å². The van der Waals surface area contributed by atoms with Crippen molar-refractivity contribution in [1.29, 1.82) is 0 Å². The highest BCUT2D eigenvalue weighted by Crippen LogP contribution is 2.22. The predicted octanol–water partition coefficient (Wildman–Crippen LogP) is 2.98. The summed E-state index contributed by atoms with van der Waals surface area (Å²) in [5.74, 6) is 0.139. The number of piperidine rings is 1. The molecule has 4 rings (SSSR count). The first-order valence-corrected chi connectivity index (χ1v) is 9.43. The Morgan fingerprint density at radius 2 is 1.85 bits per heavy atom. The van der Waals surface area contributed by atoms with Crippen LogP contribution >= 0.6 is 0 Å². The lowest BCUT2D eigenvalue weighted by Crippen LogP contribution is -2.35. The van der Waals surface area contributed by atoms with Gasteiger partial charge in [0.2, 0.25) is 5.65 Å². The van der Waals surface area contributed by atoms with E-state index in [2.05, 4.69) is 20.6 Å². The van der Waals surface area contributed by atoms with E-state index in [0.29, 0.717) is 6.54 Å². The molecule has 27 heavy (non-hydrogen) atoms. The maximum absolute atomic E-state index is 12.6. The maximum Gasteiger partial charge on any atom is 0.253 e. The average molecular weight is 364 g/mol. The average Bonchev–Trinajstić information content (AvgIpc) is 3.17. The Labute approximate surface area is 158 Å². The third-order valence-electron chi connectivity index (χ3n) is 5.24. The molecule has 1 fully saturated rings. The summed E-state index contributed by atoms with van der Waals surface area (Å²) in [5.41, 5.74) is 5.52. The largest absolute Gasteiger partial charge is 0.378 e. The number of carbonyl (C=O) groups is 1. The lowest BCUT2D eigenvalue weighted by Gasteiger charge is -2.26. The van der Waals surface area contributed by atoms with Crippen LogP contribution in [0.4, 0.5) is 5.69 Å². The normalized spacial score (nSPS) is 14.5. The van der Waals surface area contributed by atoms with E-state index in [1.54, 1.807) is 10.8 Å². The standard InChI is InChI=1S/C20H24N6O/c1-14-15(2)24-26-13-22-23-19(26)18(14)21-12-16-6-8-17(9-7-16)20(27)25-10-4-3-5-11-25/h6-9,13,21H,3-5,10-12H2,1-2H3. The van der Waals surface area contributed by atoms with E-state index in [0.717, 1.165) is 59.7 Å². The van der Waals surface area contributed by atoms with Crippen LogP contribution in [0.3, 0.4) is 0 Å². The first-order chi connectivity index (χ1) is 13.1. The van der Waals surface area contributed by atoms with Crippen molar-refractivity contribution >= 4 is 17.2 Å². The second-order valence-corrected chi connectivity index (χ2v) is 7.09. The van der Waals surface area contributed by atoms with E-state index in [4.69, 9.17) is 0 Å². The van der Waals surface area contributed by atoms with Gasteiger partial charge < -0.3 is 10.2 Å². The van der Waals surface area contributed by atoms with Gasteiger partial charge in [0.15, 0.2) is 0 Å². The van der Waals surface area contributed by atoms with E-state index >= 15 is 0 Å². The SMILES string of the molecule is Cc1nn2cnnc2c(NCc2ccc(C(=O)N3CCCCC3)cc2)c1C. The number of nitrogens with one attached hydrogen (secondary N) is 1. The molecule has 3 aromatic rings. The van der Waals surface area contributed by atoms with Crippen molar-refractivity contribution in [3.8, 4) is 0 Å². The van der Waals surface area contributed by atoms with Crippen LogP contribution in [0.25, 0.3) is 5.65 Å². The van der Waals surface area contributed by atoms with Crippen LogP contribution in [-0.2, 0) is 6.54 Å². The number of aryl methyl sites for hydroxylation is 1. The Balaban J connectivity index is 1.47. The number of fused-ring (bicyclic) bond motifs is 1. The van der Waals surface area contributed by atoms with Crippen molar-refractivity contribution in [2.24, 2.45) is 0 Å². The molecule has 0 unspecified atom stereocenters. The fraction of sp³-hybridized carbons (Fsp3) is 0.400. The first kappa shape index (κ1) is 17.5. The van der Waals surface area contributed by atoms with Crippen LogP contribution in [0.5, 0.6) is 0 Å². The van der Waals surface area contributed by atoms with Crippen molar-refractivity contribution in [1.82, 2.24) is 24.7 Å². The van der Waals surface area contributed by atoms with E-state index < -0.39 is 0 Å². The number of hydrogen-bond acceptors (Lipinski definition) is 5. The summed E-state index contributed by atoms with van der Waals surface area (Å²) < 4.78 is 1.69. The molecular weight excluding hydrogens is 340 g/mol. The first-order valence-electron chi connectivity index (χ1n) is 9.43. The second-order valence-electron chi connectivity index (χ2n) is 7.09. The smallest absolute Gasteiger partial charge is 0.253 e. The molecule has 7 heteroatoms. The molecule has 0 atom stereocenters. The molecule has 2 aromatic heterocycles. The fourth-order valence-corrected chi connectivity index (χ4v) is 3.50. The Morgan fingerprint density at radius 3 is 2.59 bits per heavy atom. The minimum absolute atomic E-state index is 0.139. The van der Waals surface area contributed by atoms with E-state index in [9.17, 15) is 4.79 Å². The molecule has 0 saturated carbocycles. The molecule has 1 aliphatic heterocycles. The van der Waals surface area contributed by atoms with Crippen molar-refractivity contribution < 1.29 is 4.79 Å². The lowest BCUT2D eigenvalue weighted by atomic mass is 10.1. The monoisotopic (exact) mass is 364 g/mol. The zero-order valence-electron chi connectivity index (χ0n) is 15.8. The van der Waals surface area contributed by atoms with Gasteiger partial charge in [0.05, 0.1) is 11.4 Å². The van der Waals surface area contributed by atoms with Gasteiger partial charge in [-0.15, -0.1) is 10.2 Å². The zero-order chi connectivity index (χ0) is 18.8. The molecule has 1 aliphatic rings. The topological polar surface area (TPSA) is 75.4 Å². The molecule has 3 heterocycles. The van der Waals surface area contributed by atoms with Gasteiger partial charge in [0.25, 0.3) is 5.91 Å². The summed E-state index contributed by atoms with van der Waals surface area (Å²) in [6, 6.07) is 7.86. The molecule has 1 amide bonds. The number of amides is 1. The van der Waals surface area contributed by atoms with E-state index in [-0.39, 0.29) is 5.91 Å². The number of nitrogens with zero attached hydrogens (tertiary/aromatic N) is 5. The van der Waals surface area contributed by atoms with Gasteiger partial charge in [-0.25, -0.2) is 0 Å². The third kappa shape index (κ3) is 3.49. The van der Waals surface area contributed by atoms with Crippen LogP contribution in [0, 0.1) is 13.8 Å². The van der Waals surface area contributed by atoms with Crippen molar-refractivity contribution in [3.05, 3.63) is 53.0 Å². The van der Waals surface area contributed by atoms with Gasteiger partial charge in [0, 0.05) is 25.2 Å². The highest BCUT2D eigenvalue weighted by atomic mass is 16.2. The van der Waals surface area contributed by atoms with Crippen molar-refractivity contribution in [3.63, 3.8) is 0 Å². The van der Waals surface area contributed by atoms with Crippen LogP contribution in [0.15, 0.2) is 30.6 Å². The lowest BCUT2D eigenvalue weighted by molar-refractivity contribution is 0.0724. The van der Waals surface area contributed by atoms with Gasteiger partial charge >= 0.3 is 0 Å². The molecule has 0 aliphatic carbocycles. The van der Waals surface area contributed by atoms with E-state index in [1.165, 1.54) is 6.42 Å². The minimum Gasteiger partial charge on any atom is -0.378 e. The summed E-state index contributed by atoms with van der Waals surface area (Å²) in [7, 11) is 0. The van der Waals surface area contributed by atoms with Crippen molar-refractivity contribution in [2.45, 2.75) is 39.7 Å². The highest BCUT2D eigenvalue weighted by molar-refractivity contribution is 5.94. The number of hydrogen-bond donors (Lipinski definition) is 1. The molecule has 7 nitrogen and oxygen atoms in total. The minimum atomic E-state index is 0.139. The summed E-state index contributed by atoms with van der Waals surface area (Å²) in [6.45, 7) is 6.39. The molecule has 0 radical (unpaired) electrons. The number of rotatable bonds is 4. The number of carbonyl (C=O) groups excluding carboxylic acids is 1. The number of aromatic nitrogens is 4. The molecule has 1 N–H and O–H groups in total. The van der Waals surface area contributed by atoms with Gasteiger partial charge in [0.1, 0.15) is 6.33 Å². The summed E-state index contributed by atoms with van der Waals surface area (Å²) in [6.07, 6.45) is 5.04. The van der Waals surface area contributed by atoms with Gasteiger partial charge in [-0.05, 0) is 56.4 Å². The summed E-state index contributed by atoms with van der Waals surface area (Å²) in [4.78, 5) is 14.5. The third-order valence-corrected chi connectivity index (χ3v) is 5.24. The van der Waals surface area contributed by atoms with Crippen LogP contribution in [-0.4, -0.2) is 43.7 Å². The second kappa shape index (κ2) is 7.34. The van der Waals surface area contributed by atoms with Crippen LogP contribution in [0.1, 0.15) is 46.4 Å². The van der Waals surface area contributed by atoms with Crippen molar-refractivity contribution in [2.75, 3.05) is 18.4 Å². The molecule has 1 saturated heterocycles. The van der Waals surface area contributed by atoms with Gasteiger partial charge in [-0.1, -0.05) is 12.1 Å². The zero-order valence-corrected chi connectivity index (χ0v) is 15.8. The summed E-state index contributed by atoms with van der Waals surface area (Å²) in [5, 5.41) is 16.0. The number of benzene rings is 1. The molecule has 1 aromatic carbocycles. The quantitative estimate of drug-likeness (QED) is 0.770.